The minimum Gasteiger partial charge on any atom is -0.465 e. The lowest BCUT2D eigenvalue weighted by Crippen LogP contribution is -2.39. The van der Waals surface area contributed by atoms with Gasteiger partial charge in [-0.1, -0.05) is 0 Å². The first-order valence-electron chi connectivity index (χ1n) is 7.23. The van der Waals surface area contributed by atoms with Crippen LogP contribution in [0.5, 0.6) is 0 Å². The van der Waals surface area contributed by atoms with Crippen LogP contribution in [0.3, 0.4) is 0 Å². The van der Waals surface area contributed by atoms with E-state index in [1.165, 1.54) is 7.11 Å². The van der Waals surface area contributed by atoms with E-state index in [2.05, 4.69) is 15.4 Å². The zero-order valence-electron chi connectivity index (χ0n) is 14.1. The Bertz CT molecular complexity index is 665. The van der Waals surface area contributed by atoms with Crippen LogP contribution in [0.2, 0.25) is 0 Å². The van der Waals surface area contributed by atoms with Crippen LogP contribution in [0, 0.1) is 6.92 Å². The number of methoxy groups -OCH3 is 1. The van der Waals surface area contributed by atoms with Gasteiger partial charge in [0.1, 0.15) is 9.88 Å². The van der Waals surface area contributed by atoms with Crippen molar-refractivity contribution in [3.8, 4) is 0 Å². The summed E-state index contributed by atoms with van der Waals surface area (Å²) in [5.41, 5.74) is 0.348. The highest BCUT2D eigenvalue weighted by Gasteiger charge is 2.28. The molecule has 24 heavy (non-hydrogen) atoms. The maximum atomic E-state index is 12.0. The van der Waals surface area contributed by atoms with E-state index in [-0.39, 0.29) is 28.1 Å². The molecule has 1 aromatic rings. The number of nitrogens with one attached hydrogen (secondary N) is 2. The van der Waals surface area contributed by atoms with Gasteiger partial charge in [-0.15, -0.1) is 11.3 Å². The molecule has 0 aliphatic heterocycles. The van der Waals surface area contributed by atoms with Crippen molar-refractivity contribution in [3.05, 3.63) is 16.0 Å². The highest BCUT2D eigenvalue weighted by Crippen LogP contribution is 2.34. The molecule has 0 fully saturated rings. The van der Waals surface area contributed by atoms with Gasteiger partial charge in [-0.05, 0) is 33.3 Å². The van der Waals surface area contributed by atoms with Gasteiger partial charge in [-0.2, -0.15) is 0 Å². The van der Waals surface area contributed by atoms with Crippen molar-refractivity contribution >= 4 is 40.1 Å². The molecule has 0 aliphatic carbocycles. The lowest BCUT2D eigenvalue weighted by Gasteiger charge is -2.08. The first-order chi connectivity index (χ1) is 11.2. The fraction of sp³-hybridized carbons (Fsp3) is 0.467. The lowest BCUT2D eigenvalue weighted by atomic mass is 10.1. The number of rotatable bonds is 5. The van der Waals surface area contributed by atoms with Gasteiger partial charge in [0, 0.05) is 6.04 Å². The van der Waals surface area contributed by atoms with Crippen LogP contribution in [-0.2, 0) is 19.1 Å². The number of ether oxygens (including phenoxy) is 2. The number of esters is 2. The molecule has 0 unspecified atom stereocenters. The minimum absolute atomic E-state index is 0.0243. The average Bonchev–Trinajstić information content (AvgIpc) is 2.82. The van der Waals surface area contributed by atoms with Crippen LogP contribution in [0.25, 0.3) is 0 Å². The summed E-state index contributed by atoms with van der Waals surface area (Å²) in [6, 6.07) is -0.219. The summed E-state index contributed by atoms with van der Waals surface area (Å²) in [5, 5.41) is 4.85. The van der Waals surface area contributed by atoms with E-state index >= 15 is 0 Å². The number of anilines is 1. The first kappa shape index (κ1) is 19.6. The molecule has 1 aromatic heterocycles. The second-order valence-electron chi connectivity index (χ2n) is 5.05. The Kier molecular flexibility index (Phi) is 6.90. The molecule has 0 saturated carbocycles. The summed E-state index contributed by atoms with van der Waals surface area (Å²) in [4.78, 5) is 47.7. The Morgan fingerprint density at radius 2 is 1.75 bits per heavy atom. The quantitative estimate of drug-likeness (QED) is 0.611. The monoisotopic (exact) mass is 356 g/mol. The van der Waals surface area contributed by atoms with Gasteiger partial charge >= 0.3 is 23.8 Å². The zero-order valence-corrected chi connectivity index (χ0v) is 15.0. The summed E-state index contributed by atoms with van der Waals surface area (Å²) in [6.45, 7) is 6.78. The summed E-state index contributed by atoms with van der Waals surface area (Å²) >= 11 is 0.855. The predicted octanol–water partition coefficient (Wildman–Crippen LogP) is 1.48. The van der Waals surface area contributed by atoms with Crippen molar-refractivity contribution in [3.63, 3.8) is 0 Å². The smallest absolute Gasteiger partial charge is 0.348 e. The van der Waals surface area contributed by atoms with Crippen LogP contribution in [-0.4, -0.2) is 43.5 Å². The first-order valence-corrected chi connectivity index (χ1v) is 8.05. The van der Waals surface area contributed by atoms with E-state index in [1.807, 2.05) is 0 Å². The summed E-state index contributed by atoms with van der Waals surface area (Å²) in [5.74, 6) is -3.12. The Hall–Kier alpha value is -2.42. The molecule has 0 spiro atoms. The van der Waals surface area contributed by atoms with E-state index in [4.69, 9.17) is 4.74 Å². The molecule has 0 saturated heterocycles. The van der Waals surface area contributed by atoms with Crippen LogP contribution in [0.1, 0.15) is 46.4 Å². The van der Waals surface area contributed by atoms with Crippen molar-refractivity contribution in [2.24, 2.45) is 0 Å². The molecule has 1 rings (SSSR count). The Morgan fingerprint density at radius 3 is 2.25 bits per heavy atom. The maximum absolute atomic E-state index is 12.0. The van der Waals surface area contributed by atoms with Gasteiger partial charge in [0.15, 0.2) is 0 Å². The SMILES string of the molecule is CCOC(=O)c1sc(NC(=O)C(=O)NC(C)C)c(C(=O)OC)c1C. The van der Waals surface area contributed by atoms with Crippen LogP contribution >= 0.6 is 11.3 Å². The number of thiophene rings is 1. The number of hydrogen-bond donors (Lipinski definition) is 2. The topological polar surface area (TPSA) is 111 Å². The van der Waals surface area contributed by atoms with E-state index in [1.54, 1.807) is 27.7 Å². The third kappa shape index (κ3) is 4.54. The van der Waals surface area contributed by atoms with Gasteiger partial charge in [-0.25, -0.2) is 9.59 Å². The molecule has 132 valence electrons. The molecule has 9 heteroatoms. The summed E-state index contributed by atoms with van der Waals surface area (Å²) in [7, 11) is 1.18. The van der Waals surface area contributed by atoms with Gasteiger partial charge in [0.25, 0.3) is 0 Å². The lowest BCUT2D eigenvalue weighted by molar-refractivity contribution is -0.136. The molecule has 2 N–H and O–H groups in total. The van der Waals surface area contributed by atoms with Crippen LogP contribution in [0.4, 0.5) is 5.00 Å². The number of carbonyl (C=O) groups is 4. The van der Waals surface area contributed by atoms with E-state index < -0.39 is 23.8 Å². The maximum Gasteiger partial charge on any atom is 0.348 e. The fourth-order valence-electron chi connectivity index (χ4n) is 1.83. The van der Waals surface area contributed by atoms with Crippen molar-refractivity contribution in [1.29, 1.82) is 0 Å². The van der Waals surface area contributed by atoms with E-state index in [0.29, 0.717) is 5.56 Å². The molecule has 0 aromatic carbocycles. The third-order valence-electron chi connectivity index (χ3n) is 2.85. The molecule has 0 aliphatic rings. The van der Waals surface area contributed by atoms with Gasteiger partial charge in [0.05, 0.1) is 19.3 Å². The molecule has 8 nitrogen and oxygen atoms in total. The summed E-state index contributed by atoms with van der Waals surface area (Å²) in [6.07, 6.45) is 0. The molecular formula is C15H20N2O6S. The van der Waals surface area contributed by atoms with Crippen LogP contribution < -0.4 is 10.6 Å². The Balaban J connectivity index is 3.19. The molecule has 0 atom stereocenters. The third-order valence-corrected chi connectivity index (χ3v) is 4.04. The number of carbonyl (C=O) groups excluding carboxylic acids is 4. The molecule has 0 radical (unpaired) electrons. The van der Waals surface area contributed by atoms with Crippen molar-refractivity contribution in [2.45, 2.75) is 33.7 Å². The normalized spacial score (nSPS) is 10.2. The summed E-state index contributed by atoms with van der Waals surface area (Å²) < 4.78 is 9.60. The molecular weight excluding hydrogens is 336 g/mol. The van der Waals surface area contributed by atoms with Crippen molar-refractivity contribution < 1.29 is 28.7 Å². The second-order valence-corrected chi connectivity index (χ2v) is 6.08. The van der Waals surface area contributed by atoms with Gasteiger partial charge in [0.2, 0.25) is 0 Å². The Morgan fingerprint density at radius 1 is 1.12 bits per heavy atom. The molecule has 1 heterocycles. The van der Waals surface area contributed by atoms with Gasteiger partial charge < -0.3 is 20.1 Å². The van der Waals surface area contributed by atoms with Gasteiger partial charge in [-0.3, -0.25) is 9.59 Å². The van der Waals surface area contributed by atoms with E-state index in [9.17, 15) is 19.2 Å². The number of hydrogen-bond acceptors (Lipinski definition) is 7. The van der Waals surface area contributed by atoms with Crippen molar-refractivity contribution in [2.75, 3.05) is 19.0 Å². The highest BCUT2D eigenvalue weighted by atomic mass is 32.1. The zero-order chi connectivity index (χ0) is 18.4. The fourth-order valence-corrected chi connectivity index (χ4v) is 2.91. The minimum atomic E-state index is -0.939. The number of amides is 2. The standard InChI is InChI=1S/C15H20N2O6S/c1-6-23-15(21)10-8(4)9(14(20)22-5)13(24-10)17-12(19)11(18)16-7(2)3/h7H,6H2,1-5H3,(H,16,18)(H,17,19). The highest BCUT2D eigenvalue weighted by molar-refractivity contribution is 7.18. The Labute approximate surface area is 143 Å². The predicted molar refractivity (Wildman–Crippen MR) is 88.3 cm³/mol. The van der Waals surface area contributed by atoms with Crippen LogP contribution in [0.15, 0.2) is 0 Å². The average molecular weight is 356 g/mol. The largest absolute Gasteiger partial charge is 0.465 e. The molecule has 2 amide bonds. The second kappa shape index (κ2) is 8.44. The molecule has 0 bridgehead atoms. The van der Waals surface area contributed by atoms with E-state index in [0.717, 1.165) is 11.3 Å². The van der Waals surface area contributed by atoms with Crippen molar-refractivity contribution in [1.82, 2.24) is 5.32 Å².